The number of para-hydroxylation sites is 1. The Hall–Kier alpha value is -3.92. The molecule has 0 saturated carbocycles. The molecule has 0 bridgehead atoms. The van der Waals surface area contributed by atoms with Crippen LogP contribution >= 0.6 is 12.2 Å². The van der Waals surface area contributed by atoms with Gasteiger partial charge in [-0.3, -0.25) is 0 Å². The summed E-state index contributed by atoms with van der Waals surface area (Å²) in [4.78, 5) is 4.98. The standard InChI is InChI=1S/C19H12N8OS/c29-19-24-21-14(28-19)10-26-13-9-5-4-8-12(13)15-17(26)20-18-23-22-16(27(18)25-15)11-6-2-1-3-7-11/h1-9H,10H2,(H,24,29). The molecule has 4 heterocycles. The zero-order valence-corrected chi connectivity index (χ0v) is 15.7. The lowest BCUT2D eigenvalue weighted by molar-refractivity contribution is 0.471. The first-order chi connectivity index (χ1) is 14.3. The molecule has 140 valence electrons. The van der Waals surface area contributed by atoms with Gasteiger partial charge < -0.3 is 8.98 Å². The Morgan fingerprint density at radius 3 is 2.66 bits per heavy atom. The first-order valence-corrected chi connectivity index (χ1v) is 9.29. The smallest absolute Gasteiger partial charge is 0.284 e. The van der Waals surface area contributed by atoms with Crippen LogP contribution in [0.25, 0.3) is 39.2 Å². The van der Waals surface area contributed by atoms with Gasteiger partial charge in [0.2, 0.25) is 5.89 Å². The van der Waals surface area contributed by atoms with Crippen molar-refractivity contribution < 1.29 is 4.42 Å². The number of fused-ring (bicyclic) bond motifs is 4. The first-order valence-electron chi connectivity index (χ1n) is 8.88. The Balaban J connectivity index is 1.65. The third-order valence-electron chi connectivity index (χ3n) is 4.76. The molecule has 2 aromatic carbocycles. The lowest BCUT2D eigenvalue weighted by Gasteiger charge is -2.03. The van der Waals surface area contributed by atoms with E-state index in [1.54, 1.807) is 4.52 Å². The monoisotopic (exact) mass is 400 g/mol. The number of nitrogens with zero attached hydrogens (tertiary/aromatic N) is 7. The van der Waals surface area contributed by atoms with Crippen molar-refractivity contribution in [3.05, 3.63) is 65.3 Å². The van der Waals surface area contributed by atoms with Gasteiger partial charge in [0.25, 0.3) is 10.6 Å². The number of hydrogen-bond acceptors (Lipinski definition) is 7. The molecule has 1 N–H and O–H groups in total. The molecule has 0 saturated heterocycles. The summed E-state index contributed by atoms with van der Waals surface area (Å²) in [6.07, 6.45) is 0. The predicted molar refractivity (Wildman–Crippen MR) is 108 cm³/mol. The van der Waals surface area contributed by atoms with E-state index in [1.165, 1.54) is 0 Å². The highest BCUT2D eigenvalue weighted by Gasteiger charge is 2.19. The quantitative estimate of drug-likeness (QED) is 0.454. The van der Waals surface area contributed by atoms with Crippen molar-refractivity contribution in [2.24, 2.45) is 0 Å². The molecule has 0 unspecified atom stereocenters. The van der Waals surface area contributed by atoms with E-state index >= 15 is 0 Å². The highest BCUT2D eigenvalue weighted by atomic mass is 32.1. The normalized spacial score (nSPS) is 11.7. The average molecular weight is 400 g/mol. The second-order valence-corrected chi connectivity index (χ2v) is 6.87. The van der Waals surface area contributed by atoms with Gasteiger partial charge in [0, 0.05) is 10.9 Å². The van der Waals surface area contributed by atoms with Gasteiger partial charge in [-0.15, -0.1) is 15.3 Å². The molecule has 4 aromatic heterocycles. The van der Waals surface area contributed by atoms with Crippen LogP contribution < -0.4 is 0 Å². The van der Waals surface area contributed by atoms with Crippen LogP contribution in [0.2, 0.25) is 0 Å². The fourth-order valence-corrected chi connectivity index (χ4v) is 3.64. The molecule has 9 nitrogen and oxygen atoms in total. The summed E-state index contributed by atoms with van der Waals surface area (Å²) in [5, 5.41) is 21.1. The molecule has 6 rings (SSSR count). The van der Waals surface area contributed by atoms with E-state index in [2.05, 4.69) is 20.4 Å². The molecule has 6 aromatic rings. The van der Waals surface area contributed by atoms with Crippen LogP contribution in [-0.2, 0) is 6.54 Å². The van der Waals surface area contributed by atoms with Gasteiger partial charge >= 0.3 is 0 Å². The Bertz CT molecular complexity index is 1560. The van der Waals surface area contributed by atoms with E-state index in [0.717, 1.165) is 22.0 Å². The van der Waals surface area contributed by atoms with Gasteiger partial charge in [0.1, 0.15) is 12.1 Å². The van der Waals surface area contributed by atoms with Crippen molar-refractivity contribution in [1.82, 2.24) is 39.6 Å². The molecule has 29 heavy (non-hydrogen) atoms. The minimum absolute atomic E-state index is 0.235. The number of aromatic amines is 1. The van der Waals surface area contributed by atoms with Crippen LogP contribution in [0, 0.1) is 4.84 Å². The number of rotatable bonds is 3. The van der Waals surface area contributed by atoms with Crippen LogP contribution in [0.4, 0.5) is 0 Å². The number of aromatic nitrogens is 8. The van der Waals surface area contributed by atoms with Crippen LogP contribution in [0.3, 0.4) is 0 Å². The predicted octanol–water partition coefficient (Wildman–Crippen LogP) is 3.39. The van der Waals surface area contributed by atoms with Crippen molar-refractivity contribution in [3.63, 3.8) is 0 Å². The van der Waals surface area contributed by atoms with Gasteiger partial charge in [-0.1, -0.05) is 48.5 Å². The summed E-state index contributed by atoms with van der Waals surface area (Å²) in [5.41, 5.74) is 3.31. The fourth-order valence-electron chi connectivity index (χ4n) is 3.50. The lowest BCUT2D eigenvalue weighted by Crippen LogP contribution is -2.03. The molecule has 0 atom stereocenters. The third kappa shape index (κ3) is 2.46. The Kier molecular flexibility index (Phi) is 3.35. The van der Waals surface area contributed by atoms with Crippen molar-refractivity contribution >= 4 is 40.1 Å². The average Bonchev–Trinajstić information content (AvgIpc) is 3.44. The van der Waals surface area contributed by atoms with E-state index in [1.807, 2.05) is 59.2 Å². The van der Waals surface area contributed by atoms with Crippen molar-refractivity contribution in [3.8, 4) is 11.4 Å². The summed E-state index contributed by atoms with van der Waals surface area (Å²) in [6.45, 7) is 0.363. The number of benzene rings is 2. The Labute approximate surface area is 167 Å². The number of nitrogens with one attached hydrogen (secondary N) is 1. The van der Waals surface area contributed by atoms with Gasteiger partial charge in [0.15, 0.2) is 11.5 Å². The maximum Gasteiger partial charge on any atom is 0.284 e. The third-order valence-corrected chi connectivity index (χ3v) is 4.93. The highest BCUT2D eigenvalue weighted by Crippen LogP contribution is 2.28. The van der Waals surface area contributed by atoms with E-state index in [0.29, 0.717) is 29.7 Å². The molecule has 0 fully saturated rings. The SMILES string of the molecule is S=c1[nH]nc(Cn2c3ccccc3c3nn4c(-c5ccccc5)nnc4nc32)o1. The van der Waals surface area contributed by atoms with Gasteiger partial charge in [-0.25, -0.2) is 5.10 Å². The van der Waals surface area contributed by atoms with E-state index in [-0.39, 0.29) is 4.84 Å². The highest BCUT2D eigenvalue weighted by molar-refractivity contribution is 7.71. The largest absolute Gasteiger partial charge is 0.412 e. The topological polar surface area (TPSA) is 103 Å². The van der Waals surface area contributed by atoms with Crippen LogP contribution in [-0.4, -0.2) is 39.6 Å². The second kappa shape index (κ2) is 6.04. The van der Waals surface area contributed by atoms with E-state index < -0.39 is 0 Å². The molecule has 0 aliphatic carbocycles. The van der Waals surface area contributed by atoms with Crippen molar-refractivity contribution in [2.75, 3.05) is 0 Å². The van der Waals surface area contributed by atoms with Gasteiger partial charge in [-0.2, -0.15) is 14.6 Å². The number of hydrogen-bond donors (Lipinski definition) is 1. The Morgan fingerprint density at radius 2 is 1.83 bits per heavy atom. The lowest BCUT2D eigenvalue weighted by atomic mass is 10.2. The van der Waals surface area contributed by atoms with E-state index in [4.69, 9.17) is 26.7 Å². The van der Waals surface area contributed by atoms with Gasteiger partial charge in [-0.05, 0) is 18.3 Å². The summed E-state index contributed by atoms with van der Waals surface area (Å²) >= 11 is 4.99. The maximum atomic E-state index is 5.45. The van der Waals surface area contributed by atoms with Crippen LogP contribution in [0.5, 0.6) is 0 Å². The fraction of sp³-hybridized carbons (Fsp3) is 0.0526. The van der Waals surface area contributed by atoms with Crippen LogP contribution in [0.15, 0.2) is 59.0 Å². The summed E-state index contributed by atoms with van der Waals surface area (Å²) in [7, 11) is 0. The second-order valence-electron chi connectivity index (χ2n) is 6.50. The summed E-state index contributed by atoms with van der Waals surface area (Å²) < 4.78 is 9.11. The number of H-pyrrole nitrogens is 1. The molecule has 0 spiro atoms. The molecule has 0 radical (unpaired) electrons. The minimum Gasteiger partial charge on any atom is -0.412 e. The van der Waals surface area contributed by atoms with Crippen LogP contribution in [0.1, 0.15) is 5.89 Å². The Morgan fingerprint density at radius 1 is 1.00 bits per heavy atom. The first kappa shape index (κ1) is 16.1. The molecule has 10 heteroatoms. The molecule has 0 aliphatic rings. The maximum absolute atomic E-state index is 5.45. The van der Waals surface area contributed by atoms with E-state index in [9.17, 15) is 0 Å². The zero-order valence-electron chi connectivity index (χ0n) is 14.9. The van der Waals surface area contributed by atoms with Crippen molar-refractivity contribution in [2.45, 2.75) is 6.54 Å². The summed E-state index contributed by atoms with van der Waals surface area (Å²) in [5.74, 6) is 1.53. The molecule has 0 aliphatic heterocycles. The summed E-state index contributed by atoms with van der Waals surface area (Å²) in [6, 6.07) is 17.8. The molecule has 0 amide bonds. The molecular formula is C19H12N8OS. The molecular weight excluding hydrogens is 388 g/mol. The van der Waals surface area contributed by atoms with Crippen molar-refractivity contribution in [1.29, 1.82) is 0 Å². The van der Waals surface area contributed by atoms with Gasteiger partial charge in [0.05, 0.1) is 5.52 Å². The zero-order chi connectivity index (χ0) is 19.4. The minimum atomic E-state index is 0.235.